The predicted molar refractivity (Wildman–Crippen MR) is 63.2 cm³/mol. The van der Waals surface area contributed by atoms with E-state index < -0.39 is 0 Å². The molecule has 1 aliphatic rings. The molecule has 0 amide bonds. The first-order valence-corrected chi connectivity index (χ1v) is 6.23. The third kappa shape index (κ3) is 2.54. The van der Waals surface area contributed by atoms with Crippen molar-refractivity contribution in [2.24, 2.45) is 11.8 Å². The summed E-state index contributed by atoms with van der Waals surface area (Å²) >= 11 is 0. The van der Waals surface area contributed by atoms with Gasteiger partial charge in [0, 0.05) is 6.04 Å². The molecule has 0 aromatic carbocycles. The van der Waals surface area contributed by atoms with Crippen molar-refractivity contribution in [3.8, 4) is 0 Å². The van der Waals surface area contributed by atoms with Crippen LogP contribution in [0, 0.1) is 18.8 Å². The van der Waals surface area contributed by atoms with Crippen molar-refractivity contribution < 1.29 is 4.52 Å². The van der Waals surface area contributed by atoms with Crippen LogP contribution in [0.15, 0.2) is 4.52 Å². The summed E-state index contributed by atoms with van der Waals surface area (Å²) in [5.74, 6) is 2.13. The van der Waals surface area contributed by atoms with Crippen LogP contribution in [0.1, 0.15) is 45.4 Å². The smallest absolute Gasteiger partial charge is 0.321 e. The van der Waals surface area contributed by atoms with Gasteiger partial charge < -0.3 is 9.84 Å². The van der Waals surface area contributed by atoms with E-state index in [1.165, 1.54) is 25.7 Å². The number of nitrogens with zero attached hydrogens (tertiary/aromatic N) is 2. The Morgan fingerprint density at radius 3 is 2.69 bits per heavy atom. The Morgan fingerprint density at radius 1 is 1.31 bits per heavy atom. The van der Waals surface area contributed by atoms with E-state index in [2.05, 4.69) is 29.3 Å². The van der Waals surface area contributed by atoms with Crippen molar-refractivity contribution in [2.45, 2.75) is 52.5 Å². The summed E-state index contributed by atoms with van der Waals surface area (Å²) in [6, 6.07) is 1.07. The standard InChI is InChI=1S/C12H21N3O/c1-8(2)10-6-4-5-7-11(10)14-12-13-9(3)15-16-12/h8,10-11H,4-7H2,1-3H3,(H,13,14,15). The van der Waals surface area contributed by atoms with Gasteiger partial charge in [0.1, 0.15) is 0 Å². The maximum absolute atomic E-state index is 5.12. The van der Waals surface area contributed by atoms with E-state index in [1.54, 1.807) is 0 Å². The molecule has 4 nitrogen and oxygen atoms in total. The van der Waals surface area contributed by atoms with Crippen LogP contribution in [0.3, 0.4) is 0 Å². The summed E-state index contributed by atoms with van der Waals surface area (Å²) in [7, 11) is 0. The fourth-order valence-electron chi connectivity index (χ4n) is 2.65. The van der Waals surface area contributed by atoms with Crippen LogP contribution in [-0.2, 0) is 0 Å². The Labute approximate surface area is 96.8 Å². The predicted octanol–water partition coefficient (Wildman–Crippen LogP) is 3.00. The second-order valence-electron chi connectivity index (χ2n) is 5.09. The number of nitrogens with one attached hydrogen (secondary N) is 1. The molecule has 4 heteroatoms. The molecule has 1 fully saturated rings. The maximum atomic E-state index is 5.12. The topological polar surface area (TPSA) is 51.0 Å². The zero-order valence-corrected chi connectivity index (χ0v) is 10.4. The van der Waals surface area contributed by atoms with E-state index in [0.717, 1.165) is 5.92 Å². The van der Waals surface area contributed by atoms with Crippen LogP contribution < -0.4 is 5.32 Å². The quantitative estimate of drug-likeness (QED) is 0.855. The van der Waals surface area contributed by atoms with E-state index in [1.807, 2.05) is 6.92 Å². The number of hydrogen-bond acceptors (Lipinski definition) is 4. The van der Waals surface area contributed by atoms with Crippen molar-refractivity contribution >= 4 is 6.01 Å². The van der Waals surface area contributed by atoms with Gasteiger partial charge in [-0.1, -0.05) is 31.8 Å². The lowest BCUT2D eigenvalue weighted by atomic mass is 9.78. The third-order valence-electron chi connectivity index (χ3n) is 3.51. The Balaban J connectivity index is 2.01. The van der Waals surface area contributed by atoms with Crippen LogP contribution in [0.4, 0.5) is 6.01 Å². The molecule has 16 heavy (non-hydrogen) atoms. The summed E-state index contributed by atoms with van der Waals surface area (Å²) in [6.45, 7) is 6.43. The fraction of sp³-hybridized carbons (Fsp3) is 0.833. The largest absolute Gasteiger partial charge is 0.335 e. The molecule has 0 saturated heterocycles. The summed E-state index contributed by atoms with van der Waals surface area (Å²) in [5.41, 5.74) is 0. The van der Waals surface area contributed by atoms with E-state index in [-0.39, 0.29) is 0 Å². The third-order valence-corrected chi connectivity index (χ3v) is 3.51. The Hall–Kier alpha value is -1.06. The first-order valence-electron chi connectivity index (χ1n) is 6.23. The SMILES string of the molecule is Cc1noc(NC2CCCCC2C(C)C)n1. The Morgan fingerprint density at radius 2 is 2.06 bits per heavy atom. The van der Waals surface area contributed by atoms with Crippen molar-refractivity contribution in [2.75, 3.05) is 5.32 Å². The molecule has 0 radical (unpaired) electrons. The fourth-order valence-corrected chi connectivity index (χ4v) is 2.65. The van der Waals surface area contributed by atoms with E-state index in [9.17, 15) is 0 Å². The van der Waals surface area contributed by atoms with Crippen molar-refractivity contribution in [3.05, 3.63) is 5.82 Å². The van der Waals surface area contributed by atoms with Gasteiger partial charge in [0.05, 0.1) is 0 Å². The van der Waals surface area contributed by atoms with Gasteiger partial charge in [0.15, 0.2) is 5.82 Å². The summed E-state index contributed by atoms with van der Waals surface area (Å²) in [6.07, 6.45) is 5.17. The maximum Gasteiger partial charge on any atom is 0.321 e. The monoisotopic (exact) mass is 223 g/mol. The molecule has 1 aliphatic carbocycles. The number of hydrogen-bond donors (Lipinski definition) is 1. The molecule has 2 rings (SSSR count). The van der Waals surface area contributed by atoms with Crippen LogP contribution in [0.5, 0.6) is 0 Å². The van der Waals surface area contributed by atoms with Gasteiger partial charge in [0.25, 0.3) is 0 Å². The number of aryl methyl sites for hydroxylation is 1. The first-order chi connectivity index (χ1) is 7.66. The highest BCUT2D eigenvalue weighted by molar-refractivity contribution is 5.21. The summed E-state index contributed by atoms with van der Waals surface area (Å²) in [5, 5.41) is 7.20. The van der Waals surface area contributed by atoms with Gasteiger partial charge in [-0.25, -0.2) is 0 Å². The Kier molecular flexibility index (Phi) is 3.46. The summed E-state index contributed by atoms with van der Waals surface area (Å²) < 4.78 is 5.12. The molecule has 2 unspecified atom stereocenters. The molecule has 0 bridgehead atoms. The lowest BCUT2D eigenvalue weighted by Crippen LogP contribution is -2.35. The molecule has 1 saturated carbocycles. The molecule has 1 heterocycles. The average molecular weight is 223 g/mol. The number of aromatic nitrogens is 2. The van der Waals surface area contributed by atoms with E-state index in [0.29, 0.717) is 23.8 Å². The molecular weight excluding hydrogens is 202 g/mol. The minimum atomic E-state index is 0.494. The van der Waals surface area contributed by atoms with E-state index in [4.69, 9.17) is 4.52 Å². The van der Waals surface area contributed by atoms with Gasteiger partial charge in [-0.05, 0) is 31.6 Å². The van der Waals surface area contributed by atoms with Crippen LogP contribution >= 0.6 is 0 Å². The lowest BCUT2D eigenvalue weighted by molar-refractivity contribution is 0.249. The number of rotatable bonds is 3. The van der Waals surface area contributed by atoms with Crippen molar-refractivity contribution in [3.63, 3.8) is 0 Å². The van der Waals surface area contributed by atoms with E-state index >= 15 is 0 Å². The minimum Gasteiger partial charge on any atom is -0.335 e. The van der Waals surface area contributed by atoms with Crippen LogP contribution in [-0.4, -0.2) is 16.2 Å². The molecule has 2 atom stereocenters. The van der Waals surface area contributed by atoms with Crippen LogP contribution in [0.2, 0.25) is 0 Å². The zero-order valence-electron chi connectivity index (χ0n) is 10.4. The number of anilines is 1. The zero-order chi connectivity index (χ0) is 11.5. The van der Waals surface area contributed by atoms with Crippen molar-refractivity contribution in [1.82, 2.24) is 10.1 Å². The molecule has 1 N–H and O–H groups in total. The Bertz CT molecular complexity index is 335. The summed E-state index contributed by atoms with van der Waals surface area (Å²) in [4.78, 5) is 4.21. The average Bonchev–Trinajstić information content (AvgIpc) is 2.64. The van der Waals surface area contributed by atoms with Crippen molar-refractivity contribution in [1.29, 1.82) is 0 Å². The highest BCUT2D eigenvalue weighted by Crippen LogP contribution is 2.31. The minimum absolute atomic E-state index is 0.494. The lowest BCUT2D eigenvalue weighted by Gasteiger charge is -2.34. The highest BCUT2D eigenvalue weighted by Gasteiger charge is 2.28. The van der Waals surface area contributed by atoms with Crippen LogP contribution in [0.25, 0.3) is 0 Å². The highest BCUT2D eigenvalue weighted by atomic mass is 16.5. The molecule has 1 aromatic rings. The first kappa shape index (κ1) is 11.4. The molecule has 1 aromatic heterocycles. The molecule has 0 spiro atoms. The van der Waals surface area contributed by atoms with Gasteiger partial charge in [0.2, 0.25) is 0 Å². The van der Waals surface area contributed by atoms with Gasteiger partial charge in [-0.3, -0.25) is 0 Å². The van der Waals surface area contributed by atoms with Gasteiger partial charge in [-0.2, -0.15) is 4.98 Å². The normalized spacial score (nSPS) is 26.0. The second kappa shape index (κ2) is 4.85. The molecule has 90 valence electrons. The van der Waals surface area contributed by atoms with Gasteiger partial charge >= 0.3 is 6.01 Å². The molecular formula is C12H21N3O. The van der Waals surface area contributed by atoms with Gasteiger partial charge in [-0.15, -0.1) is 0 Å². The second-order valence-corrected chi connectivity index (χ2v) is 5.09. The molecule has 0 aliphatic heterocycles.